The number of nitrogens with one attached hydrogen (secondary N) is 2. The van der Waals surface area contributed by atoms with Gasteiger partial charge in [-0.05, 0) is 24.3 Å². The Bertz CT molecular complexity index is 693. The van der Waals surface area contributed by atoms with Gasteiger partial charge in [0, 0.05) is 75.9 Å². The van der Waals surface area contributed by atoms with Crippen LogP contribution in [0.5, 0.6) is 0 Å². The first-order valence-corrected chi connectivity index (χ1v) is 9.82. The Kier molecular flexibility index (Phi) is 9.85. The average molecular weight is 439 g/mol. The van der Waals surface area contributed by atoms with Gasteiger partial charge in [-0.3, -0.25) is 19.4 Å². The summed E-state index contributed by atoms with van der Waals surface area (Å²) in [5, 5.41) is 6.29. The van der Waals surface area contributed by atoms with E-state index < -0.39 is 0 Å². The van der Waals surface area contributed by atoms with Gasteiger partial charge in [0.2, 0.25) is 0 Å². The summed E-state index contributed by atoms with van der Waals surface area (Å²) in [6, 6.07) is 0. The Morgan fingerprint density at radius 2 is 1.07 bits per heavy atom. The first-order valence-electron chi connectivity index (χ1n) is 9.82. The third kappa shape index (κ3) is 9.22. The standard InChI is InChI=1S/2C11H14N2O.Ni/c2*14-11-4-2-1-3-10(11)9-12-5-6-13-7-8-13;/h2*1-4,9,12H,5-8H2;/q;;+2. The van der Waals surface area contributed by atoms with E-state index in [4.69, 9.17) is 0 Å². The summed E-state index contributed by atoms with van der Waals surface area (Å²) < 4.78 is 0. The Morgan fingerprint density at radius 3 is 1.41 bits per heavy atom. The third-order valence-electron chi connectivity index (χ3n) is 4.58. The van der Waals surface area contributed by atoms with Crippen LogP contribution in [0, 0.1) is 0 Å². The van der Waals surface area contributed by atoms with Crippen LogP contribution in [0.3, 0.4) is 0 Å². The topological polar surface area (TPSA) is 64.2 Å². The van der Waals surface area contributed by atoms with E-state index in [1.54, 1.807) is 36.7 Å². The molecule has 0 saturated carbocycles. The molecule has 0 bridgehead atoms. The maximum atomic E-state index is 11.3. The molecule has 7 heteroatoms. The van der Waals surface area contributed by atoms with Crippen LogP contribution in [0.4, 0.5) is 0 Å². The molecule has 2 heterocycles. The molecule has 0 radical (unpaired) electrons. The van der Waals surface area contributed by atoms with E-state index in [1.807, 2.05) is 24.3 Å². The van der Waals surface area contributed by atoms with Crippen LogP contribution in [0.1, 0.15) is 0 Å². The van der Waals surface area contributed by atoms with Crippen molar-refractivity contribution in [2.75, 3.05) is 52.4 Å². The molecular formula is C22H28N4NiO2+2. The molecule has 2 fully saturated rings. The van der Waals surface area contributed by atoms with Crippen molar-refractivity contribution in [1.82, 2.24) is 20.4 Å². The predicted molar refractivity (Wildman–Crippen MR) is 112 cm³/mol. The van der Waals surface area contributed by atoms with E-state index in [0.29, 0.717) is 0 Å². The second-order valence-electron chi connectivity index (χ2n) is 6.96. The van der Waals surface area contributed by atoms with E-state index >= 15 is 0 Å². The maximum absolute atomic E-state index is 11.3. The number of carbonyl (C=O) groups is 2. The number of carbonyl (C=O) groups excluding carboxylic acids is 2. The van der Waals surface area contributed by atoms with Gasteiger partial charge in [-0.2, -0.15) is 0 Å². The molecular weight excluding hydrogens is 411 g/mol. The van der Waals surface area contributed by atoms with Crippen molar-refractivity contribution in [2.45, 2.75) is 0 Å². The van der Waals surface area contributed by atoms with Crippen molar-refractivity contribution in [3.8, 4) is 0 Å². The van der Waals surface area contributed by atoms with Crippen molar-refractivity contribution in [3.63, 3.8) is 0 Å². The van der Waals surface area contributed by atoms with Crippen LogP contribution in [0.15, 0.2) is 72.2 Å². The third-order valence-corrected chi connectivity index (χ3v) is 4.58. The van der Waals surface area contributed by atoms with Gasteiger partial charge in [0.05, 0.1) is 0 Å². The molecule has 0 atom stereocenters. The van der Waals surface area contributed by atoms with Gasteiger partial charge in [-0.15, -0.1) is 0 Å². The normalized spacial score (nSPS) is 22.3. The summed E-state index contributed by atoms with van der Waals surface area (Å²) in [7, 11) is 0. The number of rotatable bonds is 8. The summed E-state index contributed by atoms with van der Waals surface area (Å²) in [5.74, 6) is 0.151. The largest absolute Gasteiger partial charge is 2.00 e. The molecule has 4 aliphatic rings. The Hall–Kier alpha value is -2.21. The van der Waals surface area contributed by atoms with Crippen LogP contribution in [-0.4, -0.2) is 73.7 Å². The van der Waals surface area contributed by atoms with E-state index in [9.17, 15) is 9.59 Å². The second-order valence-corrected chi connectivity index (χ2v) is 6.96. The van der Waals surface area contributed by atoms with E-state index in [-0.39, 0.29) is 28.1 Å². The first-order chi connectivity index (χ1) is 13.7. The number of allylic oxidation sites excluding steroid dienone is 10. The minimum atomic E-state index is 0. The van der Waals surface area contributed by atoms with Crippen molar-refractivity contribution in [1.29, 1.82) is 0 Å². The fourth-order valence-electron chi connectivity index (χ4n) is 2.60. The number of hydrogen-bond acceptors (Lipinski definition) is 6. The molecule has 156 valence electrons. The predicted octanol–water partition coefficient (Wildman–Crippen LogP) is 0.939. The zero-order valence-electron chi connectivity index (χ0n) is 16.5. The van der Waals surface area contributed by atoms with Gasteiger partial charge >= 0.3 is 16.5 Å². The summed E-state index contributed by atoms with van der Waals surface area (Å²) >= 11 is 0. The number of ketones is 2. The maximum Gasteiger partial charge on any atom is 2.00 e. The van der Waals surface area contributed by atoms with Crippen LogP contribution in [0.2, 0.25) is 0 Å². The second kappa shape index (κ2) is 12.4. The molecule has 0 unspecified atom stereocenters. The van der Waals surface area contributed by atoms with Crippen molar-refractivity contribution >= 4 is 11.6 Å². The molecule has 0 spiro atoms. The zero-order chi connectivity index (χ0) is 19.6. The van der Waals surface area contributed by atoms with Crippen LogP contribution < -0.4 is 10.6 Å². The van der Waals surface area contributed by atoms with Gasteiger partial charge in [0.1, 0.15) is 0 Å². The smallest absolute Gasteiger partial charge is 0.389 e. The summed E-state index contributed by atoms with van der Waals surface area (Å²) in [4.78, 5) is 27.2. The van der Waals surface area contributed by atoms with Crippen molar-refractivity contribution in [2.24, 2.45) is 0 Å². The molecule has 4 rings (SSSR count). The minimum absolute atomic E-state index is 0. The Labute approximate surface area is 182 Å². The van der Waals surface area contributed by atoms with E-state index in [1.165, 1.54) is 26.2 Å². The Morgan fingerprint density at radius 1 is 0.690 bits per heavy atom. The summed E-state index contributed by atoms with van der Waals surface area (Å²) in [6.45, 7) is 8.84. The average Bonchev–Trinajstić information content (AvgIpc) is 3.61. The van der Waals surface area contributed by atoms with Gasteiger partial charge in [-0.1, -0.05) is 24.3 Å². The van der Waals surface area contributed by atoms with Gasteiger partial charge in [0.15, 0.2) is 11.6 Å². The van der Waals surface area contributed by atoms with Crippen molar-refractivity contribution in [3.05, 3.63) is 72.2 Å². The molecule has 0 aromatic heterocycles. The fourth-order valence-corrected chi connectivity index (χ4v) is 2.60. The molecule has 6 nitrogen and oxygen atoms in total. The molecule has 2 aliphatic carbocycles. The van der Waals surface area contributed by atoms with E-state index in [2.05, 4.69) is 20.4 Å². The fraction of sp³-hybridized carbons (Fsp3) is 0.364. The molecule has 0 aromatic carbocycles. The zero-order valence-corrected chi connectivity index (χ0v) is 17.4. The number of hydrogen-bond donors (Lipinski definition) is 2. The quantitative estimate of drug-likeness (QED) is 0.254. The summed E-state index contributed by atoms with van der Waals surface area (Å²) in [5.41, 5.74) is 1.47. The summed E-state index contributed by atoms with van der Waals surface area (Å²) in [6.07, 6.45) is 17.7. The minimum Gasteiger partial charge on any atom is -0.389 e. The molecule has 0 aromatic rings. The molecule has 2 saturated heterocycles. The SMILES string of the molecule is O=C1C=CC=CC1=CNCCN1CC1.O=C1C=CC=CC1=CNCCN1CC1.[Ni+2]. The van der Waals surface area contributed by atoms with Crippen LogP contribution in [0.25, 0.3) is 0 Å². The molecule has 0 amide bonds. The Balaban J connectivity index is 0.000000200. The molecule has 2 N–H and O–H groups in total. The van der Waals surface area contributed by atoms with Gasteiger partial charge in [-0.25, -0.2) is 0 Å². The van der Waals surface area contributed by atoms with Crippen LogP contribution >= 0.6 is 0 Å². The first kappa shape index (κ1) is 23.1. The van der Waals surface area contributed by atoms with Gasteiger partial charge < -0.3 is 10.6 Å². The van der Waals surface area contributed by atoms with Crippen LogP contribution in [-0.2, 0) is 26.1 Å². The van der Waals surface area contributed by atoms with Crippen molar-refractivity contribution < 1.29 is 26.1 Å². The molecule has 29 heavy (non-hydrogen) atoms. The van der Waals surface area contributed by atoms with E-state index in [0.717, 1.165) is 37.3 Å². The molecule has 2 aliphatic heterocycles. The monoisotopic (exact) mass is 438 g/mol. The van der Waals surface area contributed by atoms with Gasteiger partial charge in [0.25, 0.3) is 0 Å². The number of nitrogens with zero attached hydrogens (tertiary/aromatic N) is 2.